The fraction of sp³-hybridized carbons (Fsp3) is 0.500. The SMILES string of the molecule is CC(C)(C)OC(=O)N[C@H]1CCCCC/C=C\[C@H]2C[C@@]2(C(=O)O)NC(=O)[C@@H]2C[C@@H](n3nnc(-c4ccc(-c5ccsc5)cc4)n3)CN2C1=O. The van der Waals surface area contributed by atoms with Gasteiger partial charge >= 0.3 is 12.1 Å². The monoisotopic (exact) mass is 675 g/mol. The van der Waals surface area contributed by atoms with E-state index in [1.54, 1.807) is 32.1 Å². The van der Waals surface area contributed by atoms with Gasteiger partial charge in [0.1, 0.15) is 23.2 Å². The largest absolute Gasteiger partial charge is 0.479 e. The summed E-state index contributed by atoms with van der Waals surface area (Å²) in [7, 11) is 0. The number of carboxylic acids is 1. The van der Waals surface area contributed by atoms with Gasteiger partial charge in [0.2, 0.25) is 17.6 Å². The van der Waals surface area contributed by atoms with Crippen LogP contribution in [0.5, 0.6) is 0 Å². The smallest absolute Gasteiger partial charge is 0.408 e. The molecule has 254 valence electrons. The van der Waals surface area contributed by atoms with Crippen molar-refractivity contribution in [3.63, 3.8) is 0 Å². The zero-order valence-corrected chi connectivity index (χ0v) is 28.1. The zero-order valence-electron chi connectivity index (χ0n) is 27.3. The molecule has 14 heteroatoms. The summed E-state index contributed by atoms with van der Waals surface area (Å²) in [5.41, 5.74) is 0.757. The molecule has 1 aliphatic carbocycles. The minimum absolute atomic E-state index is 0.0692. The highest BCUT2D eigenvalue weighted by atomic mass is 32.1. The highest BCUT2D eigenvalue weighted by Crippen LogP contribution is 2.45. The molecule has 2 fully saturated rings. The number of carbonyl (C=O) groups excluding carboxylic acids is 3. The number of allylic oxidation sites excluding steroid dienone is 1. The van der Waals surface area contributed by atoms with E-state index in [2.05, 4.69) is 37.5 Å². The number of alkyl carbamates (subject to hydrolysis) is 1. The van der Waals surface area contributed by atoms with E-state index < -0.39 is 53.1 Å². The zero-order chi connectivity index (χ0) is 34.1. The first-order chi connectivity index (χ1) is 22.9. The van der Waals surface area contributed by atoms with Gasteiger partial charge in [0.15, 0.2) is 0 Å². The number of nitrogens with one attached hydrogen (secondary N) is 2. The van der Waals surface area contributed by atoms with E-state index in [0.29, 0.717) is 18.7 Å². The van der Waals surface area contributed by atoms with E-state index in [9.17, 15) is 24.3 Å². The van der Waals surface area contributed by atoms with Crippen LogP contribution < -0.4 is 10.6 Å². The van der Waals surface area contributed by atoms with E-state index in [-0.39, 0.29) is 25.3 Å². The number of nitrogens with zero attached hydrogens (tertiary/aromatic N) is 5. The lowest BCUT2D eigenvalue weighted by Crippen LogP contribution is -2.56. The third-order valence-corrected chi connectivity index (χ3v) is 9.76. The second-order valence-corrected chi connectivity index (χ2v) is 14.5. The van der Waals surface area contributed by atoms with Gasteiger partial charge in [-0.15, -0.1) is 10.2 Å². The Morgan fingerprint density at radius 2 is 1.85 bits per heavy atom. The van der Waals surface area contributed by atoms with Gasteiger partial charge in [0, 0.05) is 24.4 Å². The van der Waals surface area contributed by atoms with Crippen LogP contribution in [0, 0.1) is 5.92 Å². The number of aromatic nitrogens is 4. The van der Waals surface area contributed by atoms with Crippen LogP contribution in [-0.2, 0) is 19.1 Å². The van der Waals surface area contributed by atoms with Crippen molar-refractivity contribution in [3.05, 3.63) is 53.2 Å². The fourth-order valence-corrected chi connectivity index (χ4v) is 7.10. The molecule has 0 spiro atoms. The first-order valence-electron chi connectivity index (χ1n) is 16.4. The molecular weight excluding hydrogens is 634 g/mol. The third-order valence-electron chi connectivity index (χ3n) is 9.08. The van der Waals surface area contributed by atoms with Crippen LogP contribution in [-0.4, -0.2) is 83.9 Å². The molecule has 1 saturated carbocycles. The standard InChI is InChI=1S/C34H41N7O6S/c1-33(2,3)47-32(46)35-26-10-8-6-4-5-7-9-24-18-34(24,31(44)45)36-29(42)27-17-25(19-40(27)30(26)43)41-38-28(37-39-41)22-13-11-21(12-14-22)23-15-16-48-20-23/h7,9,11-16,20,24-27H,4-6,8,10,17-19H2,1-3H3,(H,35,46)(H,36,42)(H,44,45)/b9-7-/t24-,25+,26-,27-,34+/m0/s1. The van der Waals surface area contributed by atoms with E-state index >= 15 is 0 Å². The molecule has 48 heavy (non-hydrogen) atoms. The summed E-state index contributed by atoms with van der Waals surface area (Å²) in [6.07, 6.45) is 6.94. The Labute approximate surface area is 282 Å². The molecule has 13 nitrogen and oxygen atoms in total. The number of hydrogen-bond donors (Lipinski definition) is 3. The van der Waals surface area contributed by atoms with Crippen LogP contribution in [0.1, 0.15) is 71.8 Å². The Kier molecular flexibility index (Phi) is 9.37. The Morgan fingerprint density at radius 3 is 2.56 bits per heavy atom. The number of aliphatic carboxylic acids is 1. The summed E-state index contributed by atoms with van der Waals surface area (Å²) in [5.74, 6) is -2.07. The molecule has 0 bridgehead atoms. The van der Waals surface area contributed by atoms with Crippen LogP contribution in [0.25, 0.3) is 22.5 Å². The molecule has 0 unspecified atom stereocenters. The highest BCUT2D eigenvalue weighted by molar-refractivity contribution is 7.08. The van der Waals surface area contributed by atoms with Crippen molar-refractivity contribution in [2.45, 2.75) is 95.0 Å². The van der Waals surface area contributed by atoms with Gasteiger partial charge in [-0.25, -0.2) is 9.59 Å². The molecule has 3 aliphatic rings. The van der Waals surface area contributed by atoms with Gasteiger partial charge in [-0.05, 0) is 79.6 Å². The molecule has 0 radical (unpaired) electrons. The summed E-state index contributed by atoms with van der Waals surface area (Å²) in [6, 6.07) is 7.38. The lowest BCUT2D eigenvalue weighted by molar-refractivity contribution is -0.145. The number of tetrazole rings is 1. The summed E-state index contributed by atoms with van der Waals surface area (Å²) in [5, 5.41) is 32.9. The number of fused-ring (bicyclic) bond motifs is 2. The topological polar surface area (TPSA) is 169 Å². The lowest BCUT2D eigenvalue weighted by atomic mass is 10.0. The number of carbonyl (C=O) groups is 4. The first kappa shape index (κ1) is 33.3. The molecule has 2 aromatic heterocycles. The summed E-state index contributed by atoms with van der Waals surface area (Å²) in [6.45, 7) is 5.29. The van der Waals surface area contributed by atoms with E-state index in [0.717, 1.165) is 36.0 Å². The number of rotatable bonds is 5. The van der Waals surface area contributed by atoms with Crippen LogP contribution >= 0.6 is 11.3 Å². The van der Waals surface area contributed by atoms with Crippen molar-refractivity contribution in [2.24, 2.45) is 5.92 Å². The second kappa shape index (κ2) is 13.5. The summed E-state index contributed by atoms with van der Waals surface area (Å²) < 4.78 is 5.46. The van der Waals surface area contributed by atoms with Gasteiger partial charge in [-0.1, -0.05) is 49.3 Å². The predicted octanol–water partition coefficient (Wildman–Crippen LogP) is 4.58. The number of carboxylic acid groups (broad SMARTS) is 1. The normalized spacial score (nSPS) is 27.1. The van der Waals surface area contributed by atoms with Gasteiger partial charge in [-0.2, -0.15) is 16.1 Å². The van der Waals surface area contributed by atoms with Crippen molar-refractivity contribution in [1.82, 2.24) is 35.7 Å². The maximum atomic E-state index is 14.2. The molecule has 4 heterocycles. The number of thiophene rings is 1. The van der Waals surface area contributed by atoms with Crippen LogP contribution in [0.4, 0.5) is 4.79 Å². The molecular formula is C34H41N7O6S. The fourth-order valence-electron chi connectivity index (χ4n) is 6.43. The van der Waals surface area contributed by atoms with E-state index in [4.69, 9.17) is 4.74 Å². The average Bonchev–Trinajstić information content (AvgIpc) is 3.53. The molecule has 2 aliphatic heterocycles. The quantitative estimate of drug-likeness (QED) is 0.328. The highest BCUT2D eigenvalue weighted by Gasteiger charge is 2.61. The number of benzene rings is 1. The summed E-state index contributed by atoms with van der Waals surface area (Å²) in [4.78, 5) is 56.2. The minimum atomic E-state index is -1.43. The van der Waals surface area contributed by atoms with Gasteiger partial charge < -0.3 is 25.4 Å². The van der Waals surface area contributed by atoms with Crippen molar-refractivity contribution >= 4 is 35.2 Å². The Hall–Kier alpha value is -4.59. The Balaban J connectivity index is 1.27. The number of ether oxygens (including phenoxy) is 1. The van der Waals surface area contributed by atoms with E-state index in [1.165, 1.54) is 9.70 Å². The summed E-state index contributed by atoms with van der Waals surface area (Å²) >= 11 is 1.63. The van der Waals surface area contributed by atoms with Gasteiger partial charge in [0.25, 0.3) is 0 Å². The first-order valence-corrected chi connectivity index (χ1v) is 17.3. The number of amides is 3. The van der Waals surface area contributed by atoms with Gasteiger partial charge in [0.05, 0.1) is 6.04 Å². The molecule has 1 saturated heterocycles. The lowest BCUT2D eigenvalue weighted by Gasteiger charge is -2.30. The van der Waals surface area contributed by atoms with Crippen LogP contribution in [0.2, 0.25) is 0 Å². The Morgan fingerprint density at radius 1 is 1.08 bits per heavy atom. The average molecular weight is 676 g/mol. The van der Waals surface area contributed by atoms with Gasteiger partial charge in [-0.3, -0.25) is 9.59 Å². The van der Waals surface area contributed by atoms with Crippen LogP contribution in [0.15, 0.2) is 53.2 Å². The van der Waals surface area contributed by atoms with E-state index in [1.807, 2.05) is 41.8 Å². The molecule has 5 atom stereocenters. The van der Waals surface area contributed by atoms with Crippen LogP contribution in [0.3, 0.4) is 0 Å². The maximum Gasteiger partial charge on any atom is 0.408 e. The second-order valence-electron chi connectivity index (χ2n) is 13.8. The molecule has 3 amide bonds. The Bertz CT molecular complexity index is 1680. The van der Waals surface area contributed by atoms with Crippen molar-refractivity contribution in [3.8, 4) is 22.5 Å². The maximum absolute atomic E-state index is 14.2. The minimum Gasteiger partial charge on any atom is -0.479 e. The molecule has 3 N–H and O–H groups in total. The molecule has 6 rings (SSSR count). The van der Waals surface area contributed by atoms with Crippen molar-refractivity contribution < 1.29 is 29.0 Å². The van der Waals surface area contributed by atoms with Crippen molar-refractivity contribution in [1.29, 1.82) is 0 Å². The van der Waals surface area contributed by atoms with Crippen molar-refractivity contribution in [2.75, 3.05) is 6.54 Å². The predicted molar refractivity (Wildman–Crippen MR) is 178 cm³/mol. The molecule has 3 aromatic rings. The number of hydrogen-bond acceptors (Lipinski definition) is 9. The molecule has 1 aromatic carbocycles. The third kappa shape index (κ3) is 7.28.